The monoisotopic (exact) mass is 596 g/mol. The average Bonchev–Trinajstić information content (AvgIpc) is 2.95. The second kappa shape index (κ2) is 11.5. The van der Waals surface area contributed by atoms with Crippen molar-refractivity contribution in [1.82, 2.24) is 0 Å². The molecule has 9 unspecified atom stereocenters. The summed E-state index contributed by atoms with van der Waals surface area (Å²) in [6.45, 7) is -1.18. The lowest BCUT2D eigenvalue weighted by atomic mass is 9.99. The Bertz CT molecular complexity index is 1500. The molecule has 0 amide bonds. The first-order valence-corrected chi connectivity index (χ1v) is 12.6. The van der Waals surface area contributed by atoms with Gasteiger partial charge in [-0.25, -0.2) is 0 Å². The Morgan fingerprint density at radius 2 is 1.50 bits per heavy atom. The third kappa shape index (κ3) is 5.31. The zero-order valence-corrected chi connectivity index (χ0v) is 21.4. The third-order valence-electron chi connectivity index (χ3n) is 6.93. The maximum absolute atomic E-state index is 13.6. The van der Waals surface area contributed by atoms with Gasteiger partial charge in [-0.05, 0) is 18.2 Å². The molecular weight excluding hydrogens is 568 g/mol. The molecule has 1 aromatic heterocycles. The van der Waals surface area contributed by atoms with Gasteiger partial charge in [-0.15, -0.1) is 0 Å². The number of aliphatic hydroxyl groups is 7. The van der Waals surface area contributed by atoms with Gasteiger partial charge in [0.05, 0.1) is 13.2 Å². The van der Waals surface area contributed by atoms with Crippen molar-refractivity contribution >= 4 is 11.0 Å². The molecule has 16 nitrogen and oxygen atoms in total. The van der Waals surface area contributed by atoms with E-state index in [-0.39, 0.29) is 22.7 Å². The van der Waals surface area contributed by atoms with Crippen molar-refractivity contribution in [3.63, 3.8) is 0 Å². The minimum atomic E-state index is -1.81. The van der Waals surface area contributed by atoms with E-state index in [4.69, 9.17) is 23.4 Å². The molecule has 16 heteroatoms. The summed E-state index contributed by atoms with van der Waals surface area (Å²) >= 11 is 0. The van der Waals surface area contributed by atoms with Gasteiger partial charge in [-0.3, -0.25) is 4.79 Å². The maximum Gasteiger partial charge on any atom is 0.239 e. The Balaban J connectivity index is 1.59. The maximum atomic E-state index is 13.6. The van der Waals surface area contributed by atoms with Crippen LogP contribution in [0.3, 0.4) is 0 Å². The smallest absolute Gasteiger partial charge is 0.239 e. The fraction of sp³-hybridized carbons (Fsp3) is 0.423. The molecule has 0 spiro atoms. The minimum absolute atomic E-state index is 0.0232. The molecule has 0 saturated carbocycles. The molecule has 5 rings (SSSR count). The molecule has 2 saturated heterocycles. The normalized spacial score (nSPS) is 31.6. The molecule has 10 N–H and O–H groups in total. The van der Waals surface area contributed by atoms with Crippen LogP contribution in [0, 0.1) is 0 Å². The van der Waals surface area contributed by atoms with Crippen LogP contribution in [0.2, 0.25) is 0 Å². The molecule has 42 heavy (non-hydrogen) atoms. The number of ether oxygens (including phenoxy) is 4. The highest BCUT2D eigenvalue weighted by Crippen LogP contribution is 2.40. The van der Waals surface area contributed by atoms with Crippen LogP contribution in [0.25, 0.3) is 22.3 Å². The van der Waals surface area contributed by atoms with Gasteiger partial charge in [0.2, 0.25) is 23.8 Å². The van der Waals surface area contributed by atoms with Crippen molar-refractivity contribution in [3.8, 4) is 40.1 Å². The quantitative estimate of drug-likeness (QED) is 0.133. The fourth-order valence-electron chi connectivity index (χ4n) is 4.59. The van der Waals surface area contributed by atoms with Crippen LogP contribution in [-0.4, -0.2) is 120 Å². The number of rotatable bonds is 6. The number of hydrogen-bond donors (Lipinski definition) is 10. The zero-order chi connectivity index (χ0) is 30.5. The van der Waals surface area contributed by atoms with Gasteiger partial charge in [-0.2, -0.15) is 0 Å². The van der Waals surface area contributed by atoms with Crippen molar-refractivity contribution in [2.24, 2.45) is 0 Å². The molecular formula is C26H28O16. The summed E-state index contributed by atoms with van der Waals surface area (Å²) in [5.74, 6) is -3.09. The first kappa shape index (κ1) is 29.8. The average molecular weight is 596 g/mol. The van der Waals surface area contributed by atoms with Crippen LogP contribution in [0.4, 0.5) is 0 Å². The lowest BCUT2D eigenvalue weighted by molar-refractivity contribution is -0.277. The number of benzene rings is 2. The SMILES string of the molecule is O=c1c(OC2OCC(O)C(O)C2O)c(-c2ccc(O)c(O)c2)oc2cc(OC3OC(CO)C(O)C(O)C3O)cc(O)c12. The summed E-state index contributed by atoms with van der Waals surface area (Å²) in [7, 11) is 0. The van der Waals surface area contributed by atoms with E-state index in [1.807, 2.05) is 0 Å². The van der Waals surface area contributed by atoms with E-state index in [1.54, 1.807) is 0 Å². The van der Waals surface area contributed by atoms with Gasteiger partial charge < -0.3 is 74.4 Å². The summed E-state index contributed by atoms with van der Waals surface area (Å²) in [5.41, 5.74) is -1.35. The van der Waals surface area contributed by atoms with Crippen LogP contribution in [-0.2, 0) is 9.47 Å². The molecule has 228 valence electrons. The summed E-state index contributed by atoms with van der Waals surface area (Å²) in [4.78, 5) is 13.6. The van der Waals surface area contributed by atoms with E-state index in [1.165, 1.54) is 6.07 Å². The molecule has 0 aliphatic carbocycles. The summed E-state index contributed by atoms with van der Waals surface area (Å²) in [6.07, 6.45) is -14.7. The second-order valence-electron chi connectivity index (χ2n) is 9.79. The van der Waals surface area contributed by atoms with E-state index >= 15 is 0 Å². The van der Waals surface area contributed by atoms with Crippen LogP contribution < -0.4 is 14.9 Å². The topological polar surface area (TPSA) is 269 Å². The molecule has 2 aliphatic heterocycles. The minimum Gasteiger partial charge on any atom is -0.507 e. The Morgan fingerprint density at radius 3 is 2.19 bits per heavy atom. The molecule has 2 fully saturated rings. The predicted molar refractivity (Wildman–Crippen MR) is 136 cm³/mol. The number of fused-ring (bicyclic) bond motifs is 1. The van der Waals surface area contributed by atoms with E-state index in [0.717, 1.165) is 24.3 Å². The summed E-state index contributed by atoms with van der Waals surface area (Å²) in [5, 5.41) is 99.9. The van der Waals surface area contributed by atoms with Crippen molar-refractivity contribution in [2.45, 2.75) is 55.3 Å². The molecule has 3 aromatic rings. The highest BCUT2D eigenvalue weighted by Gasteiger charge is 2.45. The van der Waals surface area contributed by atoms with E-state index in [0.29, 0.717) is 0 Å². The van der Waals surface area contributed by atoms with E-state index in [2.05, 4.69) is 0 Å². The molecule has 3 heterocycles. The van der Waals surface area contributed by atoms with Gasteiger partial charge >= 0.3 is 0 Å². The Hall–Kier alpha value is -3.71. The van der Waals surface area contributed by atoms with Gasteiger partial charge in [-0.1, -0.05) is 0 Å². The molecule has 0 radical (unpaired) electrons. The summed E-state index contributed by atoms with van der Waals surface area (Å²) < 4.78 is 27.5. The van der Waals surface area contributed by atoms with Crippen LogP contribution in [0.5, 0.6) is 28.7 Å². The second-order valence-corrected chi connectivity index (χ2v) is 9.79. The first-order valence-electron chi connectivity index (χ1n) is 12.6. The Labute approximate surface area is 235 Å². The molecule has 9 atom stereocenters. The highest BCUT2D eigenvalue weighted by atomic mass is 16.7. The van der Waals surface area contributed by atoms with Gasteiger partial charge in [0, 0.05) is 17.7 Å². The zero-order valence-electron chi connectivity index (χ0n) is 21.4. The highest BCUT2D eigenvalue weighted by molar-refractivity contribution is 5.88. The summed E-state index contributed by atoms with van der Waals surface area (Å²) in [6, 6.07) is 5.41. The largest absolute Gasteiger partial charge is 0.507 e. The van der Waals surface area contributed by atoms with Gasteiger partial charge in [0.1, 0.15) is 65.2 Å². The van der Waals surface area contributed by atoms with Crippen molar-refractivity contribution in [1.29, 1.82) is 0 Å². The Kier molecular flexibility index (Phi) is 8.17. The van der Waals surface area contributed by atoms with Gasteiger partial charge in [0.15, 0.2) is 17.3 Å². The van der Waals surface area contributed by atoms with Crippen molar-refractivity contribution < 1.29 is 74.4 Å². The number of phenolic OH excluding ortho intramolecular Hbond substituents is 3. The molecule has 2 aliphatic rings. The predicted octanol–water partition coefficient (Wildman–Crippen LogP) is -2.43. The van der Waals surface area contributed by atoms with Crippen LogP contribution in [0.15, 0.2) is 39.5 Å². The Morgan fingerprint density at radius 1 is 0.786 bits per heavy atom. The number of aromatic hydroxyl groups is 3. The standard InChI is InChI=1S/C26H28O16/c27-6-15-18(33)20(35)22(37)26(41-15)39-9-4-12(30)16-14(5-9)40-23(8-1-2-10(28)11(29)3-8)24(19(16)34)42-25-21(36)17(32)13(31)7-38-25/h1-5,13,15,17-18,20-22,25-33,35-37H,6-7H2. The van der Waals surface area contributed by atoms with Crippen molar-refractivity contribution in [2.75, 3.05) is 13.2 Å². The molecule has 2 aromatic carbocycles. The van der Waals surface area contributed by atoms with Gasteiger partial charge in [0.25, 0.3) is 0 Å². The lowest BCUT2D eigenvalue weighted by Crippen LogP contribution is -2.60. The van der Waals surface area contributed by atoms with Crippen LogP contribution >= 0.6 is 0 Å². The van der Waals surface area contributed by atoms with Crippen molar-refractivity contribution in [3.05, 3.63) is 40.6 Å². The fourth-order valence-corrected chi connectivity index (χ4v) is 4.59. The number of phenols is 3. The van der Waals surface area contributed by atoms with Crippen LogP contribution in [0.1, 0.15) is 0 Å². The lowest BCUT2D eigenvalue weighted by Gasteiger charge is -2.39. The molecule has 0 bridgehead atoms. The first-order chi connectivity index (χ1) is 19.9. The number of hydrogen-bond acceptors (Lipinski definition) is 16. The number of aliphatic hydroxyl groups excluding tert-OH is 7. The third-order valence-corrected chi connectivity index (χ3v) is 6.93. The van der Waals surface area contributed by atoms with E-state index in [9.17, 15) is 55.9 Å². The van der Waals surface area contributed by atoms with E-state index < -0.39 is 102 Å².